The molecule has 4 nitrogen and oxygen atoms in total. The second-order valence-electron chi connectivity index (χ2n) is 5.13. The van der Waals surface area contributed by atoms with Crippen LogP contribution in [-0.4, -0.2) is 22.6 Å². The maximum Gasteiger partial charge on any atom is 0.189 e. The van der Waals surface area contributed by atoms with Gasteiger partial charge in [-0.2, -0.15) is 0 Å². The average molecular weight is 300 g/mol. The Balaban J connectivity index is 1.99. The van der Waals surface area contributed by atoms with Crippen molar-refractivity contribution in [1.82, 2.24) is 0 Å². The van der Waals surface area contributed by atoms with Crippen LogP contribution in [0.1, 0.15) is 30.1 Å². The lowest BCUT2D eigenvalue weighted by atomic mass is 9.97. The van der Waals surface area contributed by atoms with Gasteiger partial charge in [-0.15, -0.1) is 0 Å². The van der Waals surface area contributed by atoms with E-state index in [1.807, 2.05) is 13.0 Å². The van der Waals surface area contributed by atoms with Gasteiger partial charge in [-0.25, -0.2) is 0 Å². The Morgan fingerprint density at radius 3 is 2.82 bits per heavy atom. The molecule has 0 saturated heterocycles. The lowest BCUT2D eigenvalue weighted by Gasteiger charge is -2.16. The standard InChI is InChI=1S/C18H20O4/c1-2-11-22-18-10-8-13(12-17(18)21)7-9-16(20)14-5-3-4-6-15(14)19/h3-10,13,19,21H,2,11-12H2,1H3. The van der Waals surface area contributed by atoms with Gasteiger partial charge in [0.25, 0.3) is 0 Å². The summed E-state index contributed by atoms with van der Waals surface area (Å²) in [6, 6.07) is 6.42. The number of hydrogen-bond donors (Lipinski definition) is 2. The molecule has 0 aliphatic heterocycles. The van der Waals surface area contributed by atoms with Crippen molar-refractivity contribution < 1.29 is 19.7 Å². The Hall–Kier alpha value is -2.49. The molecule has 0 heterocycles. The van der Waals surface area contributed by atoms with Crippen LogP contribution in [0.3, 0.4) is 0 Å². The molecule has 1 unspecified atom stereocenters. The summed E-state index contributed by atoms with van der Waals surface area (Å²) in [5.41, 5.74) is 0.269. The summed E-state index contributed by atoms with van der Waals surface area (Å²) in [6.07, 6.45) is 8.05. The molecule has 4 heteroatoms. The molecule has 2 N–H and O–H groups in total. The lowest BCUT2D eigenvalue weighted by molar-refractivity contribution is 0.104. The first-order valence-electron chi connectivity index (χ1n) is 7.35. The molecule has 0 saturated carbocycles. The molecule has 1 aromatic carbocycles. The van der Waals surface area contributed by atoms with Crippen molar-refractivity contribution in [3.63, 3.8) is 0 Å². The second-order valence-corrected chi connectivity index (χ2v) is 5.13. The number of aromatic hydroxyl groups is 1. The molecule has 2 rings (SSSR count). The number of carbonyl (C=O) groups excluding carboxylic acids is 1. The molecule has 1 aliphatic carbocycles. The topological polar surface area (TPSA) is 66.8 Å². The van der Waals surface area contributed by atoms with Gasteiger partial charge in [0.1, 0.15) is 11.5 Å². The third-order valence-electron chi connectivity index (χ3n) is 3.33. The Labute approximate surface area is 130 Å². The normalized spacial score (nSPS) is 18.0. The molecule has 0 amide bonds. The number of hydrogen-bond acceptors (Lipinski definition) is 4. The average Bonchev–Trinajstić information content (AvgIpc) is 2.52. The van der Waals surface area contributed by atoms with E-state index in [1.165, 1.54) is 12.1 Å². The number of allylic oxidation sites excluding steroid dienone is 5. The first kappa shape index (κ1) is 15.9. The van der Waals surface area contributed by atoms with Crippen molar-refractivity contribution in [2.75, 3.05) is 6.61 Å². The highest BCUT2D eigenvalue weighted by atomic mass is 16.5. The summed E-state index contributed by atoms with van der Waals surface area (Å²) >= 11 is 0. The fourth-order valence-corrected chi connectivity index (χ4v) is 2.16. The summed E-state index contributed by atoms with van der Waals surface area (Å²) in [6.45, 7) is 2.57. The number of benzene rings is 1. The van der Waals surface area contributed by atoms with Gasteiger partial charge >= 0.3 is 0 Å². The number of para-hydroxylation sites is 1. The van der Waals surface area contributed by atoms with E-state index in [0.29, 0.717) is 18.8 Å². The molecule has 1 aromatic rings. The Morgan fingerprint density at radius 1 is 1.36 bits per heavy atom. The van der Waals surface area contributed by atoms with E-state index in [9.17, 15) is 15.0 Å². The number of phenolic OH excluding ortho intramolecular Hbond substituents is 1. The summed E-state index contributed by atoms with van der Waals surface area (Å²) < 4.78 is 5.42. The Morgan fingerprint density at radius 2 is 2.14 bits per heavy atom. The van der Waals surface area contributed by atoms with Gasteiger partial charge in [0.2, 0.25) is 0 Å². The van der Waals surface area contributed by atoms with Crippen LogP contribution in [0.4, 0.5) is 0 Å². The van der Waals surface area contributed by atoms with Gasteiger partial charge in [0, 0.05) is 12.3 Å². The highest BCUT2D eigenvalue weighted by Crippen LogP contribution is 2.24. The molecular formula is C18H20O4. The third kappa shape index (κ3) is 4.01. The van der Waals surface area contributed by atoms with Crippen LogP contribution in [0, 0.1) is 5.92 Å². The van der Waals surface area contributed by atoms with Crippen LogP contribution in [0.15, 0.2) is 60.1 Å². The van der Waals surface area contributed by atoms with E-state index in [1.54, 1.807) is 30.4 Å². The van der Waals surface area contributed by atoms with Gasteiger partial charge in [0.05, 0.1) is 12.2 Å². The van der Waals surface area contributed by atoms with Crippen LogP contribution in [0.5, 0.6) is 5.75 Å². The minimum Gasteiger partial charge on any atom is -0.508 e. The Bertz CT molecular complexity index is 626. The molecule has 0 aromatic heterocycles. The molecule has 0 radical (unpaired) electrons. The fourth-order valence-electron chi connectivity index (χ4n) is 2.16. The zero-order chi connectivity index (χ0) is 15.9. The largest absolute Gasteiger partial charge is 0.508 e. The van der Waals surface area contributed by atoms with Gasteiger partial charge in [-0.1, -0.05) is 31.2 Å². The number of aliphatic hydroxyl groups is 1. The van der Waals surface area contributed by atoms with Crippen LogP contribution >= 0.6 is 0 Å². The van der Waals surface area contributed by atoms with Crippen LogP contribution in [0.25, 0.3) is 0 Å². The number of ketones is 1. The predicted molar refractivity (Wildman–Crippen MR) is 84.7 cm³/mol. The molecule has 0 spiro atoms. The maximum absolute atomic E-state index is 12.0. The SMILES string of the molecule is CCCOC1=C(O)CC(C=CC(=O)c2ccccc2O)C=C1. The molecule has 1 atom stereocenters. The third-order valence-corrected chi connectivity index (χ3v) is 3.33. The fraction of sp³-hybridized carbons (Fsp3) is 0.278. The smallest absolute Gasteiger partial charge is 0.189 e. The van der Waals surface area contributed by atoms with Gasteiger partial charge in [0.15, 0.2) is 11.5 Å². The predicted octanol–water partition coefficient (Wildman–Crippen LogP) is 3.90. The number of rotatable bonds is 6. The van der Waals surface area contributed by atoms with Crippen LogP contribution in [0.2, 0.25) is 0 Å². The van der Waals surface area contributed by atoms with Gasteiger partial charge in [-0.05, 0) is 30.7 Å². The van der Waals surface area contributed by atoms with Gasteiger partial charge in [-0.3, -0.25) is 4.79 Å². The zero-order valence-electron chi connectivity index (χ0n) is 12.5. The van der Waals surface area contributed by atoms with Crippen molar-refractivity contribution in [3.05, 3.63) is 65.7 Å². The molecule has 116 valence electrons. The molecule has 22 heavy (non-hydrogen) atoms. The van der Waals surface area contributed by atoms with Crippen molar-refractivity contribution >= 4 is 5.78 Å². The quantitative estimate of drug-likeness (QED) is 0.617. The zero-order valence-corrected chi connectivity index (χ0v) is 12.5. The van der Waals surface area contributed by atoms with Crippen molar-refractivity contribution in [2.24, 2.45) is 5.92 Å². The van der Waals surface area contributed by atoms with E-state index in [2.05, 4.69) is 0 Å². The molecule has 1 aliphatic rings. The highest BCUT2D eigenvalue weighted by Gasteiger charge is 2.15. The molecule has 0 bridgehead atoms. The Kier molecular flexibility index (Phi) is 5.42. The lowest BCUT2D eigenvalue weighted by Crippen LogP contribution is -2.06. The van der Waals surface area contributed by atoms with Crippen molar-refractivity contribution in [3.8, 4) is 5.75 Å². The monoisotopic (exact) mass is 300 g/mol. The molecule has 0 fully saturated rings. The first-order valence-corrected chi connectivity index (χ1v) is 7.35. The van der Waals surface area contributed by atoms with E-state index in [4.69, 9.17) is 4.74 Å². The number of phenols is 1. The summed E-state index contributed by atoms with van der Waals surface area (Å²) in [7, 11) is 0. The van der Waals surface area contributed by atoms with E-state index in [0.717, 1.165) is 6.42 Å². The maximum atomic E-state index is 12.0. The molecular weight excluding hydrogens is 280 g/mol. The summed E-state index contributed by atoms with van der Waals surface area (Å²) in [4.78, 5) is 12.0. The van der Waals surface area contributed by atoms with Crippen LogP contribution < -0.4 is 0 Å². The van der Waals surface area contributed by atoms with Crippen LogP contribution in [-0.2, 0) is 4.74 Å². The number of aliphatic hydroxyl groups excluding tert-OH is 1. The highest BCUT2D eigenvalue weighted by molar-refractivity contribution is 6.06. The number of ether oxygens (including phenoxy) is 1. The van der Waals surface area contributed by atoms with E-state index >= 15 is 0 Å². The summed E-state index contributed by atoms with van der Waals surface area (Å²) in [5.74, 6) is 0.334. The van der Waals surface area contributed by atoms with E-state index < -0.39 is 0 Å². The van der Waals surface area contributed by atoms with E-state index in [-0.39, 0.29) is 28.8 Å². The number of carbonyl (C=O) groups is 1. The van der Waals surface area contributed by atoms with Crippen molar-refractivity contribution in [2.45, 2.75) is 19.8 Å². The minimum atomic E-state index is -0.261. The van der Waals surface area contributed by atoms with Gasteiger partial charge < -0.3 is 14.9 Å². The van der Waals surface area contributed by atoms with Crippen molar-refractivity contribution in [1.29, 1.82) is 0 Å². The minimum absolute atomic E-state index is 0.0330. The second kappa shape index (κ2) is 7.50. The first-order chi connectivity index (χ1) is 10.6. The summed E-state index contributed by atoms with van der Waals surface area (Å²) in [5, 5.41) is 19.6.